The maximum atomic E-state index is 12.3. The van der Waals surface area contributed by atoms with Gasteiger partial charge in [0, 0.05) is 12.6 Å². The fraction of sp³-hybridized carbons (Fsp3) is 0.118. The lowest BCUT2D eigenvalue weighted by atomic mass is 10.2. The van der Waals surface area contributed by atoms with E-state index in [1.807, 2.05) is 0 Å². The number of benzene rings is 2. The Kier molecular flexibility index (Phi) is 5.09. The minimum Gasteiger partial charge on any atom is -0.493 e. The number of carbonyl (C=O) groups is 3. The van der Waals surface area contributed by atoms with Gasteiger partial charge in [0.25, 0.3) is 0 Å². The van der Waals surface area contributed by atoms with Crippen molar-refractivity contribution in [2.75, 3.05) is 12.4 Å². The summed E-state index contributed by atoms with van der Waals surface area (Å²) in [5.41, 5.74) is 0.914. The number of aldehydes is 1. The number of para-hydroxylation sites is 1. The predicted octanol–water partition coefficient (Wildman–Crippen LogP) is 2.69. The predicted molar refractivity (Wildman–Crippen MR) is 84.1 cm³/mol. The van der Waals surface area contributed by atoms with Gasteiger partial charge in [-0.05, 0) is 30.3 Å². The van der Waals surface area contributed by atoms with Crippen molar-refractivity contribution in [1.82, 2.24) is 0 Å². The van der Waals surface area contributed by atoms with Gasteiger partial charge in [-0.25, -0.2) is 4.79 Å². The summed E-state index contributed by atoms with van der Waals surface area (Å²) in [4.78, 5) is 34.4. The third-order valence-electron chi connectivity index (χ3n) is 2.97. The second-order valence-corrected chi connectivity index (χ2v) is 4.65. The van der Waals surface area contributed by atoms with Gasteiger partial charge < -0.3 is 14.8 Å². The molecule has 0 fully saturated rings. The first-order valence-electron chi connectivity index (χ1n) is 6.77. The van der Waals surface area contributed by atoms with Gasteiger partial charge in [0.2, 0.25) is 5.91 Å². The number of amides is 1. The van der Waals surface area contributed by atoms with E-state index in [0.717, 1.165) is 0 Å². The first kappa shape index (κ1) is 16.2. The molecular weight excluding hydrogens is 298 g/mol. The van der Waals surface area contributed by atoms with E-state index in [0.29, 0.717) is 12.0 Å². The van der Waals surface area contributed by atoms with E-state index in [4.69, 9.17) is 9.47 Å². The highest BCUT2D eigenvalue weighted by Gasteiger charge is 2.16. The zero-order chi connectivity index (χ0) is 16.8. The molecule has 0 aliphatic rings. The lowest BCUT2D eigenvalue weighted by Crippen LogP contribution is -2.12. The van der Waals surface area contributed by atoms with Gasteiger partial charge in [-0.1, -0.05) is 12.1 Å². The molecular formula is C17H15NO5. The smallest absolute Gasteiger partial charge is 0.343 e. The molecule has 0 bridgehead atoms. The number of rotatable bonds is 5. The molecule has 1 amide bonds. The molecule has 0 unspecified atom stereocenters. The van der Waals surface area contributed by atoms with Gasteiger partial charge in [0.05, 0.1) is 18.2 Å². The SMILES string of the molecule is COc1cccc(C=O)c1OC(=O)c1cccc(NC(C)=O)c1. The van der Waals surface area contributed by atoms with E-state index < -0.39 is 5.97 Å². The first-order valence-corrected chi connectivity index (χ1v) is 6.77. The summed E-state index contributed by atoms with van der Waals surface area (Å²) >= 11 is 0. The largest absolute Gasteiger partial charge is 0.493 e. The van der Waals surface area contributed by atoms with Crippen molar-refractivity contribution in [3.8, 4) is 11.5 Å². The number of anilines is 1. The second-order valence-electron chi connectivity index (χ2n) is 4.65. The normalized spacial score (nSPS) is 9.83. The minimum absolute atomic E-state index is 0.0555. The molecule has 6 nitrogen and oxygen atoms in total. The van der Waals surface area contributed by atoms with Crippen molar-refractivity contribution in [2.24, 2.45) is 0 Å². The van der Waals surface area contributed by atoms with Crippen molar-refractivity contribution < 1.29 is 23.9 Å². The Morgan fingerprint density at radius 2 is 1.87 bits per heavy atom. The lowest BCUT2D eigenvalue weighted by Gasteiger charge is -2.11. The van der Waals surface area contributed by atoms with Gasteiger partial charge in [0.1, 0.15) is 0 Å². The number of methoxy groups -OCH3 is 1. The molecule has 0 saturated heterocycles. The summed E-state index contributed by atoms with van der Waals surface area (Å²) in [7, 11) is 1.42. The van der Waals surface area contributed by atoms with Crippen molar-refractivity contribution in [3.63, 3.8) is 0 Å². The standard InChI is InChI=1S/C17H15NO5/c1-11(20)18-14-7-3-5-12(9-14)17(21)23-16-13(10-19)6-4-8-15(16)22-2/h3-10H,1-2H3,(H,18,20). The van der Waals surface area contributed by atoms with Crippen LogP contribution in [-0.2, 0) is 4.79 Å². The maximum absolute atomic E-state index is 12.3. The Morgan fingerprint density at radius 1 is 1.13 bits per heavy atom. The molecule has 1 N–H and O–H groups in total. The molecule has 0 heterocycles. The molecule has 2 aromatic carbocycles. The van der Waals surface area contributed by atoms with Crippen LogP contribution in [0.2, 0.25) is 0 Å². The van der Waals surface area contributed by atoms with E-state index in [1.54, 1.807) is 30.3 Å². The number of carbonyl (C=O) groups excluding carboxylic acids is 3. The Labute approximate surface area is 133 Å². The molecule has 0 spiro atoms. The van der Waals surface area contributed by atoms with Crippen molar-refractivity contribution in [2.45, 2.75) is 6.92 Å². The number of hydrogen-bond acceptors (Lipinski definition) is 5. The van der Waals surface area contributed by atoms with E-state index in [1.165, 1.54) is 26.2 Å². The third-order valence-corrected chi connectivity index (χ3v) is 2.97. The minimum atomic E-state index is -0.662. The molecule has 23 heavy (non-hydrogen) atoms. The summed E-state index contributed by atoms with van der Waals surface area (Å²) in [6.45, 7) is 1.37. The summed E-state index contributed by atoms with van der Waals surface area (Å²) in [5.74, 6) is -0.575. The van der Waals surface area contributed by atoms with Crippen LogP contribution in [0.25, 0.3) is 0 Å². The number of ether oxygens (including phenoxy) is 2. The highest BCUT2D eigenvalue weighted by molar-refractivity contribution is 5.96. The zero-order valence-electron chi connectivity index (χ0n) is 12.7. The van der Waals surface area contributed by atoms with E-state index in [9.17, 15) is 14.4 Å². The Bertz CT molecular complexity index is 754. The van der Waals surface area contributed by atoms with E-state index in [2.05, 4.69) is 5.32 Å². The summed E-state index contributed by atoms with van der Waals surface area (Å²) < 4.78 is 10.4. The van der Waals surface area contributed by atoms with Crippen molar-refractivity contribution >= 4 is 23.9 Å². The molecule has 2 aromatic rings. The molecule has 0 saturated carbocycles. The molecule has 0 radical (unpaired) electrons. The average Bonchev–Trinajstić information content (AvgIpc) is 2.54. The van der Waals surface area contributed by atoms with Gasteiger partial charge in [-0.2, -0.15) is 0 Å². The van der Waals surface area contributed by atoms with E-state index >= 15 is 0 Å². The van der Waals surface area contributed by atoms with Crippen LogP contribution in [0.1, 0.15) is 27.6 Å². The fourth-order valence-corrected chi connectivity index (χ4v) is 1.97. The van der Waals surface area contributed by atoms with Crippen molar-refractivity contribution in [3.05, 3.63) is 53.6 Å². The third kappa shape index (κ3) is 3.94. The number of nitrogens with one attached hydrogen (secondary N) is 1. The topological polar surface area (TPSA) is 81.7 Å². The summed E-state index contributed by atoms with van der Waals surface area (Å²) in [5, 5.41) is 2.58. The van der Waals surface area contributed by atoms with Gasteiger partial charge in [-0.15, -0.1) is 0 Å². The van der Waals surface area contributed by atoms with Crippen LogP contribution in [0.3, 0.4) is 0 Å². The summed E-state index contributed by atoms with van der Waals surface area (Å²) in [6, 6.07) is 11.0. The van der Waals surface area contributed by atoms with Crippen LogP contribution in [0.4, 0.5) is 5.69 Å². The van der Waals surface area contributed by atoms with Crippen LogP contribution in [0.5, 0.6) is 11.5 Å². The monoisotopic (exact) mass is 313 g/mol. The van der Waals surface area contributed by atoms with Gasteiger partial charge in [-0.3, -0.25) is 9.59 Å². The highest BCUT2D eigenvalue weighted by atomic mass is 16.6. The Morgan fingerprint density at radius 3 is 2.52 bits per heavy atom. The fourth-order valence-electron chi connectivity index (χ4n) is 1.97. The molecule has 6 heteroatoms. The molecule has 2 rings (SSSR count). The second kappa shape index (κ2) is 7.22. The lowest BCUT2D eigenvalue weighted by molar-refractivity contribution is -0.114. The number of hydrogen-bond donors (Lipinski definition) is 1. The van der Waals surface area contributed by atoms with Crippen LogP contribution < -0.4 is 14.8 Å². The molecule has 118 valence electrons. The maximum Gasteiger partial charge on any atom is 0.343 e. The van der Waals surface area contributed by atoms with Crippen LogP contribution in [0, 0.1) is 0 Å². The quantitative estimate of drug-likeness (QED) is 0.521. The highest BCUT2D eigenvalue weighted by Crippen LogP contribution is 2.30. The Hall–Kier alpha value is -3.15. The number of esters is 1. The molecule has 0 aromatic heterocycles. The first-order chi connectivity index (χ1) is 11.0. The van der Waals surface area contributed by atoms with Gasteiger partial charge >= 0.3 is 5.97 Å². The van der Waals surface area contributed by atoms with Crippen LogP contribution in [0.15, 0.2) is 42.5 Å². The van der Waals surface area contributed by atoms with Gasteiger partial charge in [0.15, 0.2) is 17.8 Å². The molecule has 0 aliphatic carbocycles. The van der Waals surface area contributed by atoms with E-state index in [-0.39, 0.29) is 28.5 Å². The summed E-state index contributed by atoms with van der Waals surface area (Å²) in [6.07, 6.45) is 0.582. The zero-order valence-corrected chi connectivity index (χ0v) is 12.7. The molecule has 0 aliphatic heterocycles. The molecule has 0 atom stereocenters. The van der Waals surface area contributed by atoms with Crippen LogP contribution in [-0.4, -0.2) is 25.3 Å². The average molecular weight is 313 g/mol. The Balaban J connectivity index is 2.29. The van der Waals surface area contributed by atoms with Crippen LogP contribution >= 0.6 is 0 Å². The van der Waals surface area contributed by atoms with Crippen molar-refractivity contribution in [1.29, 1.82) is 0 Å².